The van der Waals surface area contributed by atoms with Gasteiger partial charge in [0.25, 0.3) is 5.91 Å². The van der Waals surface area contributed by atoms with Crippen molar-refractivity contribution in [3.05, 3.63) is 88.5 Å². The average Bonchev–Trinajstić information content (AvgIpc) is 2.85. The van der Waals surface area contributed by atoms with Gasteiger partial charge in [-0.1, -0.05) is 23.7 Å². The number of amides is 2. The molecule has 0 radical (unpaired) electrons. The second kappa shape index (κ2) is 8.53. The highest BCUT2D eigenvalue weighted by Crippen LogP contribution is 2.28. The van der Waals surface area contributed by atoms with E-state index in [0.717, 1.165) is 0 Å². The molecule has 156 valence electrons. The number of fused-ring (bicyclic) bond motifs is 1. The zero-order valence-corrected chi connectivity index (χ0v) is 16.9. The van der Waals surface area contributed by atoms with Crippen molar-refractivity contribution in [3.8, 4) is 0 Å². The number of carbonyl (C=O) groups is 3. The summed E-state index contributed by atoms with van der Waals surface area (Å²) >= 11 is 6.06. The molecule has 0 fully saturated rings. The van der Waals surface area contributed by atoms with Crippen molar-refractivity contribution >= 4 is 35.1 Å². The van der Waals surface area contributed by atoms with E-state index >= 15 is 0 Å². The maximum absolute atomic E-state index is 13.4. The van der Waals surface area contributed by atoms with E-state index in [4.69, 9.17) is 16.7 Å². The first-order valence-electron chi connectivity index (χ1n) is 9.41. The van der Waals surface area contributed by atoms with Crippen LogP contribution >= 0.6 is 11.6 Å². The van der Waals surface area contributed by atoms with Gasteiger partial charge in [0.15, 0.2) is 0 Å². The van der Waals surface area contributed by atoms with Gasteiger partial charge in [0.05, 0.1) is 22.5 Å². The predicted molar refractivity (Wildman–Crippen MR) is 113 cm³/mol. The minimum atomic E-state index is -1.04. The Hall–Kier alpha value is -3.78. The molecule has 4 rings (SSSR count). The van der Waals surface area contributed by atoms with Gasteiger partial charge in [-0.15, -0.1) is 0 Å². The standard InChI is InChI=1S/C22H17ClN4O4/c23-15-5-6-17-18(9-15)26-20(28)19(10-16-11-24-7-8-25-16)27(21(17)29)12-13-1-3-14(4-2-13)22(30)31/h1-9,11,19H,10,12H2,(H,26,28)(H,30,31). The topological polar surface area (TPSA) is 112 Å². The number of rotatable bonds is 5. The zero-order chi connectivity index (χ0) is 22.0. The maximum Gasteiger partial charge on any atom is 0.335 e. The van der Waals surface area contributed by atoms with Crippen molar-refractivity contribution in [2.24, 2.45) is 0 Å². The lowest BCUT2D eigenvalue weighted by Crippen LogP contribution is -2.46. The zero-order valence-electron chi connectivity index (χ0n) is 16.2. The lowest BCUT2D eigenvalue weighted by Gasteiger charge is -2.28. The lowest BCUT2D eigenvalue weighted by molar-refractivity contribution is -0.120. The van der Waals surface area contributed by atoms with E-state index in [1.54, 1.807) is 30.5 Å². The number of hydrogen-bond donors (Lipinski definition) is 2. The minimum absolute atomic E-state index is 0.110. The number of carboxylic acids is 1. The molecular weight excluding hydrogens is 420 g/mol. The Balaban J connectivity index is 1.73. The molecule has 1 atom stereocenters. The summed E-state index contributed by atoms with van der Waals surface area (Å²) < 4.78 is 0. The number of nitrogens with one attached hydrogen (secondary N) is 1. The van der Waals surface area contributed by atoms with Crippen LogP contribution < -0.4 is 5.32 Å². The van der Waals surface area contributed by atoms with Gasteiger partial charge in [0.2, 0.25) is 5.91 Å². The molecule has 0 aliphatic carbocycles. The van der Waals surface area contributed by atoms with E-state index in [-0.39, 0.29) is 30.3 Å². The highest BCUT2D eigenvalue weighted by Gasteiger charge is 2.36. The minimum Gasteiger partial charge on any atom is -0.478 e. The summed E-state index contributed by atoms with van der Waals surface area (Å²) in [5.41, 5.74) is 2.05. The quantitative estimate of drug-likeness (QED) is 0.635. The molecule has 0 bridgehead atoms. The van der Waals surface area contributed by atoms with Crippen molar-refractivity contribution in [3.63, 3.8) is 0 Å². The third kappa shape index (κ3) is 4.39. The van der Waals surface area contributed by atoms with Crippen LogP contribution in [0.4, 0.5) is 5.69 Å². The van der Waals surface area contributed by atoms with Crippen LogP contribution in [0.2, 0.25) is 5.02 Å². The fourth-order valence-electron chi connectivity index (χ4n) is 3.43. The van der Waals surface area contributed by atoms with E-state index in [1.807, 2.05) is 0 Å². The number of aromatic nitrogens is 2. The van der Waals surface area contributed by atoms with Crippen molar-refractivity contribution in [1.82, 2.24) is 14.9 Å². The summed E-state index contributed by atoms with van der Waals surface area (Å²) in [5, 5.41) is 12.3. The molecule has 2 amide bonds. The van der Waals surface area contributed by atoms with Gasteiger partial charge in [-0.05, 0) is 35.9 Å². The molecule has 0 saturated heterocycles. The molecule has 2 N–H and O–H groups in total. The van der Waals surface area contributed by atoms with Crippen LogP contribution in [0.15, 0.2) is 61.1 Å². The van der Waals surface area contributed by atoms with Crippen LogP contribution in [0.25, 0.3) is 0 Å². The number of anilines is 1. The maximum atomic E-state index is 13.4. The SMILES string of the molecule is O=C(O)c1ccc(CN2C(=O)c3ccc(Cl)cc3NC(=O)C2Cc2cnccn2)cc1. The first-order valence-corrected chi connectivity index (χ1v) is 9.78. The fourth-order valence-corrected chi connectivity index (χ4v) is 3.60. The summed E-state index contributed by atoms with van der Waals surface area (Å²) in [7, 11) is 0. The van der Waals surface area contributed by atoms with E-state index in [1.165, 1.54) is 35.5 Å². The van der Waals surface area contributed by atoms with Crippen LogP contribution in [0.5, 0.6) is 0 Å². The number of benzene rings is 2. The van der Waals surface area contributed by atoms with Gasteiger partial charge in [-0.3, -0.25) is 19.6 Å². The Morgan fingerprint density at radius 2 is 1.90 bits per heavy atom. The fraction of sp³-hybridized carbons (Fsp3) is 0.136. The van der Waals surface area contributed by atoms with Gasteiger partial charge in [-0.25, -0.2) is 4.79 Å². The summed E-state index contributed by atoms with van der Waals surface area (Å²) in [6, 6.07) is 10.0. The van der Waals surface area contributed by atoms with E-state index in [0.29, 0.717) is 27.5 Å². The first kappa shape index (κ1) is 20.5. The van der Waals surface area contributed by atoms with Crippen LogP contribution in [0, 0.1) is 0 Å². The number of aromatic carboxylic acids is 1. The highest BCUT2D eigenvalue weighted by atomic mass is 35.5. The molecule has 31 heavy (non-hydrogen) atoms. The predicted octanol–water partition coefficient (Wildman–Crippen LogP) is 3.03. The number of hydrogen-bond acceptors (Lipinski definition) is 5. The Labute approximate surface area is 182 Å². The number of carbonyl (C=O) groups excluding carboxylic acids is 2. The Morgan fingerprint density at radius 3 is 2.58 bits per heavy atom. The third-order valence-electron chi connectivity index (χ3n) is 4.98. The normalized spacial score (nSPS) is 15.8. The number of nitrogens with zero attached hydrogens (tertiary/aromatic N) is 3. The third-order valence-corrected chi connectivity index (χ3v) is 5.22. The molecule has 9 heteroatoms. The van der Waals surface area contributed by atoms with Gasteiger partial charge < -0.3 is 15.3 Å². The lowest BCUT2D eigenvalue weighted by atomic mass is 10.1. The van der Waals surface area contributed by atoms with Crippen molar-refractivity contribution in [2.75, 3.05) is 5.32 Å². The van der Waals surface area contributed by atoms with E-state index < -0.39 is 12.0 Å². The molecule has 0 saturated carbocycles. The highest BCUT2D eigenvalue weighted by molar-refractivity contribution is 6.31. The molecule has 1 aliphatic heterocycles. The molecule has 2 aromatic carbocycles. The van der Waals surface area contributed by atoms with Crippen LogP contribution in [0.3, 0.4) is 0 Å². The van der Waals surface area contributed by atoms with E-state index in [9.17, 15) is 14.4 Å². The van der Waals surface area contributed by atoms with Crippen molar-refractivity contribution < 1.29 is 19.5 Å². The molecule has 1 aromatic heterocycles. The number of carboxylic acid groups (broad SMARTS) is 1. The number of halogens is 1. The second-order valence-corrected chi connectivity index (χ2v) is 7.47. The summed E-state index contributed by atoms with van der Waals surface area (Å²) in [4.78, 5) is 47.4. The molecule has 1 unspecified atom stereocenters. The molecule has 8 nitrogen and oxygen atoms in total. The van der Waals surface area contributed by atoms with Crippen LogP contribution in [0.1, 0.15) is 32.0 Å². The largest absolute Gasteiger partial charge is 0.478 e. The Morgan fingerprint density at radius 1 is 1.13 bits per heavy atom. The smallest absolute Gasteiger partial charge is 0.335 e. The van der Waals surface area contributed by atoms with Gasteiger partial charge in [-0.2, -0.15) is 0 Å². The van der Waals surface area contributed by atoms with Gasteiger partial charge >= 0.3 is 5.97 Å². The first-order chi connectivity index (χ1) is 14.9. The molecule has 1 aliphatic rings. The second-order valence-electron chi connectivity index (χ2n) is 7.03. The van der Waals surface area contributed by atoms with Crippen molar-refractivity contribution in [1.29, 1.82) is 0 Å². The Bertz CT molecular complexity index is 1150. The van der Waals surface area contributed by atoms with Gasteiger partial charge in [0.1, 0.15) is 6.04 Å². The van der Waals surface area contributed by atoms with Crippen molar-refractivity contribution in [2.45, 2.75) is 19.0 Å². The average molecular weight is 437 g/mol. The molecule has 2 heterocycles. The van der Waals surface area contributed by atoms with Crippen LogP contribution in [-0.4, -0.2) is 43.8 Å². The monoisotopic (exact) mass is 436 g/mol. The molecule has 0 spiro atoms. The van der Waals surface area contributed by atoms with Crippen LogP contribution in [-0.2, 0) is 17.8 Å². The molecular formula is C22H17ClN4O4. The summed E-state index contributed by atoms with van der Waals surface area (Å²) in [6.07, 6.45) is 4.77. The molecule has 3 aromatic rings. The Kier molecular flexibility index (Phi) is 5.64. The van der Waals surface area contributed by atoms with E-state index in [2.05, 4.69) is 15.3 Å². The summed E-state index contributed by atoms with van der Waals surface area (Å²) in [6.45, 7) is 0.110. The van der Waals surface area contributed by atoms with Gasteiger partial charge in [0, 0.05) is 36.6 Å². The summed E-state index contributed by atoms with van der Waals surface area (Å²) in [5.74, 6) is -1.76.